The second kappa shape index (κ2) is 6.80. The Kier molecular flexibility index (Phi) is 5.06. The lowest BCUT2D eigenvalue weighted by Crippen LogP contribution is -2.38. The largest absolute Gasteiger partial charge is 0.376 e. The minimum Gasteiger partial charge on any atom is -0.376 e. The van der Waals surface area contributed by atoms with E-state index in [0.29, 0.717) is 12.6 Å². The summed E-state index contributed by atoms with van der Waals surface area (Å²) in [7, 11) is 0. The van der Waals surface area contributed by atoms with Crippen LogP contribution in [0.2, 0.25) is 0 Å². The van der Waals surface area contributed by atoms with Crippen LogP contribution in [0, 0.1) is 21.7 Å². The highest BCUT2D eigenvalue weighted by atomic mass is 19.1. The van der Waals surface area contributed by atoms with Gasteiger partial charge in [-0.25, -0.2) is 4.39 Å². The van der Waals surface area contributed by atoms with Crippen LogP contribution in [0.4, 0.5) is 20.2 Å². The molecule has 0 aromatic heterocycles. The third-order valence-corrected chi connectivity index (χ3v) is 3.59. The van der Waals surface area contributed by atoms with Gasteiger partial charge in [-0.1, -0.05) is 6.42 Å². The number of benzene rings is 1. The fourth-order valence-corrected chi connectivity index (χ4v) is 2.70. The van der Waals surface area contributed by atoms with Crippen molar-refractivity contribution in [1.29, 1.82) is 0 Å². The van der Waals surface area contributed by atoms with Gasteiger partial charge in [0.15, 0.2) is 0 Å². The molecule has 0 spiro atoms. The number of halogens is 2. The van der Waals surface area contributed by atoms with Crippen LogP contribution in [0.25, 0.3) is 0 Å². The second-order valence-corrected chi connectivity index (χ2v) is 5.45. The smallest absolute Gasteiger partial charge is 0.327 e. The molecule has 1 atom stereocenters. The van der Waals surface area contributed by atoms with Crippen LogP contribution in [-0.4, -0.2) is 35.5 Å². The number of nitrogens with zero attached hydrogens (tertiary/aromatic N) is 2. The van der Waals surface area contributed by atoms with E-state index in [-0.39, 0.29) is 11.7 Å². The van der Waals surface area contributed by atoms with E-state index in [2.05, 4.69) is 10.2 Å². The molecule has 2 rings (SSSR count). The summed E-state index contributed by atoms with van der Waals surface area (Å²) in [5.41, 5.74) is -0.816. The van der Waals surface area contributed by atoms with Gasteiger partial charge in [-0.2, -0.15) is 4.39 Å². The highest BCUT2D eigenvalue weighted by Gasteiger charge is 2.23. The summed E-state index contributed by atoms with van der Waals surface area (Å²) in [5, 5.41) is 13.8. The minimum absolute atomic E-state index is 0.109. The number of nitro benzene ring substituents is 1. The van der Waals surface area contributed by atoms with E-state index in [1.165, 1.54) is 6.42 Å². The molecule has 1 fully saturated rings. The predicted octanol–water partition coefficient (Wildman–Crippen LogP) is 3.16. The van der Waals surface area contributed by atoms with Crippen LogP contribution < -0.4 is 5.32 Å². The first-order chi connectivity index (χ1) is 9.97. The van der Waals surface area contributed by atoms with Gasteiger partial charge >= 0.3 is 5.69 Å². The van der Waals surface area contributed by atoms with Crippen LogP contribution >= 0.6 is 0 Å². The van der Waals surface area contributed by atoms with E-state index in [1.807, 2.05) is 6.92 Å². The Labute approximate surface area is 122 Å². The Bertz CT molecular complexity index is 519. The molecular formula is C14H19F2N3O2. The van der Waals surface area contributed by atoms with Gasteiger partial charge in [0, 0.05) is 24.7 Å². The molecule has 0 saturated carbocycles. The van der Waals surface area contributed by atoms with E-state index in [9.17, 15) is 18.9 Å². The van der Waals surface area contributed by atoms with E-state index in [0.717, 1.165) is 32.0 Å². The van der Waals surface area contributed by atoms with Crippen molar-refractivity contribution in [2.75, 3.05) is 25.0 Å². The van der Waals surface area contributed by atoms with Gasteiger partial charge in [0.2, 0.25) is 5.82 Å². The highest BCUT2D eigenvalue weighted by Crippen LogP contribution is 2.29. The van der Waals surface area contributed by atoms with Crippen LogP contribution in [-0.2, 0) is 0 Å². The quantitative estimate of drug-likeness (QED) is 0.670. The van der Waals surface area contributed by atoms with E-state index in [4.69, 9.17) is 0 Å². The third kappa shape index (κ3) is 4.10. The van der Waals surface area contributed by atoms with Gasteiger partial charge in [0.1, 0.15) is 11.5 Å². The molecular weight excluding hydrogens is 280 g/mol. The molecule has 0 amide bonds. The number of piperidine rings is 1. The van der Waals surface area contributed by atoms with Crippen molar-refractivity contribution in [3.05, 3.63) is 33.9 Å². The molecule has 7 heteroatoms. The van der Waals surface area contributed by atoms with Crippen molar-refractivity contribution in [3.8, 4) is 0 Å². The number of likely N-dealkylation sites (tertiary alicyclic amines) is 1. The normalized spacial score (nSPS) is 17.5. The molecule has 1 N–H and O–H groups in total. The summed E-state index contributed by atoms with van der Waals surface area (Å²) in [5.74, 6) is -1.99. The Balaban J connectivity index is 2.08. The van der Waals surface area contributed by atoms with E-state index < -0.39 is 22.2 Å². The van der Waals surface area contributed by atoms with Gasteiger partial charge in [-0.3, -0.25) is 10.1 Å². The van der Waals surface area contributed by atoms with Crippen LogP contribution in [0.15, 0.2) is 12.1 Å². The van der Waals surface area contributed by atoms with Gasteiger partial charge in [0.25, 0.3) is 0 Å². The Morgan fingerprint density at radius 3 is 2.62 bits per heavy atom. The molecule has 5 nitrogen and oxygen atoms in total. The molecule has 1 aromatic rings. The number of rotatable bonds is 5. The number of nitrogens with one attached hydrogen (secondary N) is 1. The number of hydrogen-bond donors (Lipinski definition) is 1. The van der Waals surface area contributed by atoms with E-state index >= 15 is 0 Å². The summed E-state index contributed by atoms with van der Waals surface area (Å²) in [4.78, 5) is 12.3. The molecule has 0 radical (unpaired) electrons. The molecule has 1 unspecified atom stereocenters. The lowest BCUT2D eigenvalue weighted by Gasteiger charge is -2.29. The highest BCUT2D eigenvalue weighted by molar-refractivity contribution is 5.62. The van der Waals surface area contributed by atoms with Gasteiger partial charge in [-0.15, -0.1) is 0 Å². The number of anilines is 1. The maximum atomic E-state index is 13.5. The minimum atomic E-state index is -1.16. The molecule has 21 heavy (non-hydrogen) atoms. The second-order valence-electron chi connectivity index (χ2n) is 5.45. The summed E-state index contributed by atoms with van der Waals surface area (Å²) in [6.07, 6.45) is 3.50. The van der Waals surface area contributed by atoms with Gasteiger partial charge < -0.3 is 10.2 Å². The van der Waals surface area contributed by atoms with Gasteiger partial charge in [0.05, 0.1) is 4.92 Å². The van der Waals surface area contributed by atoms with Crippen molar-refractivity contribution in [1.82, 2.24) is 4.90 Å². The number of hydrogen-bond acceptors (Lipinski definition) is 4. The van der Waals surface area contributed by atoms with Crippen molar-refractivity contribution in [2.24, 2.45) is 0 Å². The first kappa shape index (κ1) is 15.6. The molecule has 0 bridgehead atoms. The number of nitro groups is 1. The van der Waals surface area contributed by atoms with Crippen molar-refractivity contribution in [3.63, 3.8) is 0 Å². The fraction of sp³-hybridized carbons (Fsp3) is 0.571. The molecule has 1 aliphatic heterocycles. The monoisotopic (exact) mass is 299 g/mol. The van der Waals surface area contributed by atoms with Crippen molar-refractivity contribution < 1.29 is 13.7 Å². The van der Waals surface area contributed by atoms with Crippen LogP contribution in [0.5, 0.6) is 0 Å². The molecule has 1 heterocycles. The first-order valence-electron chi connectivity index (χ1n) is 7.09. The Morgan fingerprint density at radius 1 is 1.33 bits per heavy atom. The molecule has 1 saturated heterocycles. The molecule has 116 valence electrons. The zero-order chi connectivity index (χ0) is 15.4. The maximum absolute atomic E-state index is 13.5. The fourth-order valence-electron chi connectivity index (χ4n) is 2.70. The van der Waals surface area contributed by atoms with Crippen molar-refractivity contribution in [2.45, 2.75) is 32.2 Å². The average molecular weight is 299 g/mol. The Morgan fingerprint density at radius 2 is 2.00 bits per heavy atom. The summed E-state index contributed by atoms with van der Waals surface area (Å²) in [6.45, 7) is 4.52. The zero-order valence-corrected chi connectivity index (χ0v) is 11.9. The average Bonchev–Trinajstić information content (AvgIpc) is 2.38. The summed E-state index contributed by atoms with van der Waals surface area (Å²) >= 11 is 0. The summed E-state index contributed by atoms with van der Waals surface area (Å²) in [6, 6.07) is 1.36. The maximum Gasteiger partial charge on any atom is 0.327 e. The van der Waals surface area contributed by atoms with E-state index in [1.54, 1.807) is 0 Å². The SMILES string of the molecule is CC(CN1CCCCC1)Nc1cc(F)cc(F)c1[N+](=O)[O-]. The van der Waals surface area contributed by atoms with Crippen LogP contribution in [0.3, 0.4) is 0 Å². The van der Waals surface area contributed by atoms with Crippen LogP contribution in [0.1, 0.15) is 26.2 Å². The predicted molar refractivity (Wildman–Crippen MR) is 76.4 cm³/mol. The zero-order valence-electron chi connectivity index (χ0n) is 11.9. The lowest BCUT2D eigenvalue weighted by atomic mass is 10.1. The lowest BCUT2D eigenvalue weighted by molar-refractivity contribution is -0.386. The summed E-state index contributed by atoms with van der Waals surface area (Å²) < 4.78 is 26.8. The van der Waals surface area contributed by atoms with Crippen molar-refractivity contribution >= 4 is 11.4 Å². The topological polar surface area (TPSA) is 58.4 Å². The molecule has 1 aliphatic rings. The molecule has 1 aromatic carbocycles. The third-order valence-electron chi connectivity index (χ3n) is 3.59. The first-order valence-corrected chi connectivity index (χ1v) is 7.09. The molecule has 0 aliphatic carbocycles. The Hall–Kier alpha value is -1.76. The standard InChI is InChI=1S/C14H19F2N3O2/c1-10(9-18-5-3-2-4-6-18)17-13-8-11(15)7-12(16)14(13)19(20)21/h7-8,10,17H,2-6,9H2,1H3. The van der Waals surface area contributed by atoms with Gasteiger partial charge in [-0.05, 0) is 32.9 Å².